The summed E-state index contributed by atoms with van der Waals surface area (Å²) in [5, 5.41) is 13.3. The molecule has 0 bridgehead atoms. The average molecular weight is 419 g/mol. The van der Waals surface area contributed by atoms with E-state index in [-0.39, 0.29) is 11.3 Å². The summed E-state index contributed by atoms with van der Waals surface area (Å²) < 4.78 is 0. The summed E-state index contributed by atoms with van der Waals surface area (Å²) in [6, 6.07) is 9.78. The second-order valence-corrected chi connectivity index (χ2v) is 7.96. The molecule has 0 unspecified atom stereocenters. The van der Waals surface area contributed by atoms with Crippen LogP contribution in [0.1, 0.15) is 30.3 Å². The molecule has 28 heavy (non-hydrogen) atoms. The van der Waals surface area contributed by atoms with Crippen molar-refractivity contribution in [1.82, 2.24) is 9.80 Å². The van der Waals surface area contributed by atoms with Crippen LogP contribution in [0.15, 0.2) is 47.4 Å². The van der Waals surface area contributed by atoms with E-state index in [1.807, 2.05) is 17.5 Å². The molecule has 1 N–H and O–H groups in total. The molecular formula is C21H23ClN2O3S. The second-order valence-electron chi connectivity index (χ2n) is 6.54. The third-order valence-electron chi connectivity index (χ3n) is 5.02. The van der Waals surface area contributed by atoms with Crippen molar-refractivity contribution < 1.29 is 14.7 Å². The fourth-order valence-electron chi connectivity index (χ4n) is 3.41. The Kier molecular flexibility index (Phi) is 6.54. The SMILES string of the molecule is CCN(CC)CCN1C(=O)C(=O)C(=C(O)c2ccc(Cl)cc2)[C@@H]1c1cccs1. The van der Waals surface area contributed by atoms with Crippen LogP contribution in [0.5, 0.6) is 0 Å². The zero-order valence-corrected chi connectivity index (χ0v) is 17.5. The molecule has 0 spiro atoms. The molecule has 1 atom stereocenters. The smallest absolute Gasteiger partial charge is 0.295 e. The lowest BCUT2D eigenvalue weighted by atomic mass is 10.00. The first-order valence-corrected chi connectivity index (χ1v) is 10.5. The lowest BCUT2D eigenvalue weighted by Crippen LogP contribution is -2.37. The summed E-state index contributed by atoms with van der Waals surface area (Å²) in [5.41, 5.74) is 0.599. The molecule has 1 aliphatic heterocycles. The number of aliphatic hydroxyl groups is 1. The molecule has 1 aromatic heterocycles. The van der Waals surface area contributed by atoms with E-state index in [4.69, 9.17) is 11.6 Å². The molecule has 1 fully saturated rings. The summed E-state index contributed by atoms with van der Waals surface area (Å²) in [4.78, 5) is 30.3. The van der Waals surface area contributed by atoms with Crippen molar-refractivity contribution >= 4 is 40.4 Å². The number of amides is 1. The summed E-state index contributed by atoms with van der Waals surface area (Å²) in [6.45, 7) is 6.96. The number of aliphatic hydroxyl groups excluding tert-OH is 1. The van der Waals surface area contributed by atoms with Gasteiger partial charge in [0.1, 0.15) is 5.76 Å². The van der Waals surface area contributed by atoms with E-state index >= 15 is 0 Å². The topological polar surface area (TPSA) is 60.9 Å². The maximum atomic E-state index is 12.8. The molecule has 5 nitrogen and oxygen atoms in total. The quantitative estimate of drug-likeness (QED) is 0.416. The van der Waals surface area contributed by atoms with Crippen molar-refractivity contribution in [3.63, 3.8) is 0 Å². The number of thiophene rings is 1. The van der Waals surface area contributed by atoms with Gasteiger partial charge in [0, 0.05) is 28.6 Å². The average Bonchev–Trinajstić information content (AvgIpc) is 3.31. The summed E-state index contributed by atoms with van der Waals surface area (Å²) >= 11 is 7.40. The molecule has 1 amide bonds. The summed E-state index contributed by atoms with van der Waals surface area (Å²) in [5.74, 6) is -1.38. The third-order valence-corrected chi connectivity index (χ3v) is 6.20. The maximum Gasteiger partial charge on any atom is 0.295 e. The van der Waals surface area contributed by atoms with Crippen molar-refractivity contribution in [3.05, 3.63) is 62.8 Å². The third kappa shape index (κ3) is 3.99. The Morgan fingerprint density at radius 2 is 1.86 bits per heavy atom. The van der Waals surface area contributed by atoms with Crippen molar-refractivity contribution in [2.24, 2.45) is 0 Å². The normalized spacial score (nSPS) is 19.0. The van der Waals surface area contributed by atoms with Gasteiger partial charge in [0.25, 0.3) is 11.7 Å². The highest BCUT2D eigenvalue weighted by molar-refractivity contribution is 7.10. The minimum absolute atomic E-state index is 0.134. The number of ketones is 1. The monoisotopic (exact) mass is 418 g/mol. The van der Waals surface area contributed by atoms with Gasteiger partial charge in [0.15, 0.2) is 0 Å². The predicted molar refractivity (Wildman–Crippen MR) is 113 cm³/mol. The van der Waals surface area contributed by atoms with Crippen LogP contribution in [0.25, 0.3) is 5.76 Å². The van der Waals surface area contributed by atoms with Crippen molar-refractivity contribution in [2.45, 2.75) is 19.9 Å². The van der Waals surface area contributed by atoms with E-state index < -0.39 is 17.7 Å². The highest BCUT2D eigenvalue weighted by atomic mass is 35.5. The van der Waals surface area contributed by atoms with Crippen LogP contribution in [0.3, 0.4) is 0 Å². The fraction of sp³-hybridized carbons (Fsp3) is 0.333. The van der Waals surface area contributed by atoms with Crippen LogP contribution >= 0.6 is 22.9 Å². The maximum absolute atomic E-state index is 12.8. The van der Waals surface area contributed by atoms with Gasteiger partial charge in [0.2, 0.25) is 0 Å². The number of likely N-dealkylation sites (N-methyl/N-ethyl adjacent to an activating group) is 1. The van der Waals surface area contributed by atoms with Gasteiger partial charge in [-0.3, -0.25) is 9.59 Å². The van der Waals surface area contributed by atoms with Crippen LogP contribution in [0.2, 0.25) is 5.02 Å². The second kappa shape index (κ2) is 8.90. The molecule has 1 aromatic carbocycles. The minimum Gasteiger partial charge on any atom is -0.507 e. The van der Waals surface area contributed by atoms with Crippen molar-refractivity contribution in [2.75, 3.05) is 26.2 Å². The molecular weight excluding hydrogens is 396 g/mol. The fourth-order valence-corrected chi connectivity index (χ4v) is 4.38. The van der Waals surface area contributed by atoms with Crippen LogP contribution in [0.4, 0.5) is 0 Å². The molecule has 148 valence electrons. The zero-order chi connectivity index (χ0) is 20.3. The van der Waals surface area contributed by atoms with Gasteiger partial charge in [-0.1, -0.05) is 31.5 Å². The molecule has 1 saturated heterocycles. The van der Waals surface area contributed by atoms with Gasteiger partial charge < -0.3 is 14.9 Å². The number of halogens is 1. The Hall–Kier alpha value is -2.15. The Bertz CT molecular complexity index is 874. The van der Waals surface area contributed by atoms with Gasteiger partial charge in [-0.25, -0.2) is 0 Å². The number of rotatable bonds is 7. The number of nitrogens with zero attached hydrogens (tertiary/aromatic N) is 2. The summed E-state index contributed by atoms with van der Waals surface area (Å²) in [6.07, 6.45) is 0. The van der Waals surface area contributed by atoms with Crippen LogP contribution < -0.4 is 0 Å². The number of carbonyl (C=O) groups is 2. The van der Waals surface area contributed by atoms with Crippen LogP contribution in [-0.2, 0) is 9.59 Å². The molecule has 2 heterocycles. The van der Waals surface area contributed by atoms with E-state index in [2.05, 4.69) is 18.7 Å². The lowest BCUT2D eigenvalue weighted by Gasteiger charge is -2.27. The standard InChI is InChI=1S/C21H23ClN2O3S/c1-3-23(4-2)11-12-24-18(16-6-5-13-28-16)17(20(26)21(24)27)19(25)14-7-9-15(22)10-8-14/h5-10,13,18,25H,3-4,11-12H2,1-2H3/t18-/m0/s1. The number of hydrogen-bond acceptors (Lipinski definition) is 5. The Morgan fingerprint density at radius 3 is 2.43 bits per heavy atom. The Balaban J connectivity index is 2.03. The molecule has 3 rings (SSSR count). The molecule has 0 saturated carbocycles. The van der Waals surface area contributed by atoms with E-state index in [9.17, 15) is 14.7 Å². The van der Waals surface area contributed by atoms with Gasteiger partial charge in [0.05, 0.1) is 11.6 Å². The molecule has 2 aromatic rings. The number of Topliss-reactive ketones (excluding diaryl/α,β-unsaturated/α-hetero) is 1. The highest BCUT2D eigenvalue weighted by Crippen LogP contribution is 2.40. The predicted octanol–water partition coefficient (Wildman–Crippen LogP) is 4.17. The van der Waals surface area contributed by atoms with E-state index in [1.165, 1.54) is 11.3 Å². The largest absolute Gasteiger partial charge is 0.507 e. The highest BCUT2D eigenvalue weighted by Gasteiger charge is 2.46. The first-order chi connectivity index (χ1) is 13.5. The molecule has 0 radical (unpaired) electrons. The van der Waals surface area contributed by atoms with E-state index in [0.717, 1.165) is 18.0 Å². The lowest BCUT2D eigenvalue weighted by molar-refractivity contribution is -0.140. The Labute approximate surface area is 173 Å². The van der Waals surface area contributed by atoms with Crippen molar-refractivity contribution in [3.8, 4) is 0 Å². The minimum atomic E-state index is -0.648. The van der Waals surface area contributed by atoms with Crippen LogP contribution in [-0.4, -0.2) is 52.8 Å². The molecule has 0 aliphatic carbocycles. The van der Waals surface area contributed by atoms with Crippen LogP contribution in [0, 0.1) is 0 Å². The van der Waals surface area contributed by atoms with Gasteiger partial charge in [-0.15, -0.1) is 11.3 Å². The number of carbonyl (C=O) groups excluding carboxylic acids is 2. The van der Waals surface area contributed by atoms with Gasteiger partial charge in [-0.2, -0.15) is 0 Å². The first-order valence-electron chi connectivity index (χ1n) is 9.28. The Morgan fingerprint density at radius 1 is 1.18 bits per heavy atom. The van der Waals surface area contributed by atoms with Gasteiger partial charge >= 0.3 is 0 Å². The van der Waals surface area contributed by atoms with E-state index in [1.54, 1.807) is 29.2 Å². The first kappa shape index (κ1) is 20.6. The number of benzene rings is 1. The van der Waals surface area contributed by atoms with Crippen molar-refractivity contribution in [1.29, 1.82) is 0 Å². The molecule has 7 heteroatoms. The summed E-state index contributed by atoms with van der Waals surface area (Å²) in [7, 11) is 0. The number of likely N-dealkylation sites (tertiary alicyclic amines) is 1. The zero-order valence-electron chi connectivity index (χ0n) is 15.9. The number of hydrogen-bond donors (Lipinski definition) is 1. The molecule has 1 aliphatic rings. The van der Waals surface area contributed by atoms with Gasteiger partial charge in [-0.05, 0) is 48.8 Å². The van der Waals surface area contributed by atoms with E-state index in [0.29, 0.717) is 23.7 Å².